The molecular formula is C18H25N5O2. The van der Waals surface area contributed by atoms with Gasteiger partial charge in [0.2, 0.25) is 5.91 Å². The third-order valence-electron chi connectivity index (χ3n) is 4.23. The molecule has 134 valence electrons. The molecule has 0 aliphatic carbocycles. The Labute approximate surface area is 147 Å². The fourth-order valence-electron chi connectivity index (χ4n) is 3.08. The quantitative estimate of drug-likeness (QED) is 0.903. The van der Waals surface area contributed by atoms with Crippen LogP contribution in [-0.2, 0) is 9.53 Å². The van der Waals surface area contributed by atoms with Crippen molar-refractivity contribution in [2.24, 2.45) is 0 Å². The van der Waals surface area contributed by atoms with Crippen molar-refractivity contribution in [3.63, 3.8) is 0 Å². The van der Waals surface area contributed by atoms with Crippen molar-refractivity contribution in [3.8, 4) is 5.95 Å². The minimum atomic E-state index is -0.0419. The zero-order chi connectivity index (χ0) is 17.8. The fraction of sp³-hybridized carbons (Fsp3) is 0.556. The molecule has 1 atom stereocenters. The lowest BCUT2D eigenvalue weighted by Gasteiger charge is -2.22. The first-order chi connectivity index (χ1) is 12.0. The summed E-state index contributed by atoms with van der Waals surface area (Å²) in [5.41, 5.74) is 2.53. The molecule has 1 unspecified atom stereocenters. The maximum Gasteiger partial charge on any atom is 0.252 e. The summed E-state index contributed by atoms with van der Waals surface area (Å²) in [4.78, 5) is 21.2. The van der Waals surface area contributed by atoms with E-state index in [2.05, 4.69) is 20.4 Å². The zero-order valence-corrected chi connectivity index (χ0v) is 15.1. The Hall–Kier alpha value is -2.28. The van der Waals surface area contributed by atoms with Crippen LogP contribution < -0.4 is 5.32 Å². The molecule has 25 heavy (non-hydrogen) atoms. The maximum atomic E-state index is 12.3. The monoisotopic (exact) mass is 343 g/mol. The van der Waals surface area contributed by atoms with E-state index in [1.807, 2.05) is 32.9 Å². The molecule has 0 aromatic carbocycles. The van der Waals surface area contributed by atoms with Crippen LogP contribution in [0.5, 0.6) is 0 Å². The van der Waals surface area contributed by atoms with Gasteiger partial charge in [-0.05, 0) is 52.5 Å². The van der Waals surface area contributed by atoms with Crippen LogP contribution in [0.2, 0.25) is 0 Å². The third-order valence-corrected chi connectivity index (χ3v) is 4.23. The predicted octanol–water partition coefficient (Wildman–Crippen LogP) is 2.88. The van der Waals surface area contributed by atoms with Gasteiger partial charge in [-0.3, -0.25) is 4.79 Å². The summed E-state index contributed by atoms with van der Waals surface area (Å²) in [6.45, 7) is 6.51. The van der Waals surface area contributed by atoms with Gasteiger partial charge in [0, 0.05) is 30.5 Å². The summed E-state index contributed by atoms with van der Waals surface area (Å²) >= 11 is 0. The number of hydrogen-bond acceptors (Lipinski definition) is 5. The molecule has 2 aromatic heterocycles. The minimum absolute atomic E-state index is 0.0419. The summed E-state index contributed by atoms with van der Waals surface area (Å²) in [6, 6.07) is 3.73. The Morgan fingerprint density at radius 3 is 2.64 bits per heavy atom. The fourth-order valence-corrected chi connectivity index (χ4v) is 3.08. The lowest BCUT2D eigenvalue weighted by molar-refractivity contribution is -0.117. The van der Waals surface area contributed by atoms with E-state index < -0.39 is 0 Å². The van der Waals surface area contributed by atoms with Gasteiger partial charge in [0.1, 0.15) is 5.82 Å². The van der Waals surface area contributed by atoms with E-state index in [9.17, 15) is 4.79 Å². The number of rotatable bonds is 5. The molecule has 1 saturated heterocycles. The second kappa shape index (κ2) is 7.74. The molecule has 7 nitrogen and oxygen atoms in total. The van der Waals surface area contributed by atoms with Gasteiger partial charge in [-0.2, -0.15) is 9.78 Å². The molecule has 0 saturated carbocycles. The number of carbonyl (C=O) groups is 1. The van der Waals surface area contributed by atoms with Crippen LogP contribution in [0.15, 0.2) is 12.1 Å². The number of hydrogen-bond donors (Lipinski definition) is 1. The smallest absolute Gasteiger partial charge is 0.252 e. The first-order valence-electron chi connectivity index (χ1n) is 8.82. The molecule has 3 heterocycles. The highest BCUT2D eigenvalue weighted by Gasteiger charge is 2.17. The molecule has 3 rings (SSSR count). The van der Waals surface area contributed by atoms with Crippen molar-refractivity contribution in [2.75, 3.05) is 11.9 Å². The van der Waals surface area contributed by atoms with Gasteiger partial charge in [0.05, 0.1) is 11.8 Å². The van der Waals surface area contributed by atoms with E-state index in [-0.39, 0.29) is 12.0 Å². The number of anilines is 1. The van der Waals surface area contributed by atoms with E-state index in [0.29, 0.717) is 18.2 Å². The molecule has 0 spiro atoms. The van der Waals surface area contributed by atoms with Crippen molar-refractivity contribution in [1.82, 2.24) is 19.7 Å². The Bertz CT molecular complexity index is 730. The molecule has 2 aromatic rings. The Morgan fingerprint density at radius 1 is 1.20 bits per heavy atom. The minimum Gasteiger partial charge on any atom is -0.378 e. The largest absolute Gasteiger partial charge is 0.378 e. The SMILES string of the molecule is Cc1cc(C)nc(-n2nc(C)cc2NC(=O)CCC2CCCCO2)n1. The van der Waals surface area contributed by atoms with E-state index in [0.717, 1.165) is 43.0 Å². The first kappa shape index (κ1) is 17.5. The summed E-state index contributed by atoms with van der Waals surface area (Å²) in [7, 11) is 0. The number of ether oxygens (including phenoxy) is 1. The summed E-state index contributed by atoms with van der Waals surface area (Å²) in [6.07, 6.45) is 4.73. The lowest BCUT2D eigenvalue weighted by Crippen LogP contribution is -2.22. The zero-order valence-electron chi connectivity index (χ0n) is 15.1. The topological polar surface area (TPSA) is 81.9 Å². The van der Waals surface area contributed by atoms with E-state index in [1.165, 1.54) is 6.42 Å². The standard InChI is InChI=1S/C18H25N5O2/c1-12-10-13(2)20-18(19-12)23-16(11-14(3)22-23)21-17(24)8-7-15-6-4-5-9-25-15/h10-11,15H,4-9H2,1-3H3,(H,21,24). The van der Waals surface area contributed by atoms with Gasteiger partial charge in [0.15, 0.2) is 0 Å². The van der Waals surface area contributed by atoms with Crippen LogP contribution in [-0.4, -0.2) is 38.4 Å². The van der Waals surface area contributed by atoms with Gasteiger partial charge in [-0.25, -0.2) is 9.97 Å². The average Bonchev–Trinajstić information content (AvgIpc) is 2.93. The van der Waals surface area contributed by atoms with E-state index in [1.54, 1.807) is 4.68 Å². The van der Waals surface area contributed by atoms with Crippen molar-refractivity contribution >= 4 is 11.7 Å². The number of aryl methyl sites for hydroxylation is 3. The van der Waals surface area contributed by atoms with Crippen molar-refractivity contribution in [2.45, 2.75) is 59.0 Å². The van der Waals surface area contributed by atoms with Crippen LogP contribution in [0.25, 0.3) is 5.95 Å². The Balaban J connectivity index is 1.69. The van der Waals surface area contributed by atoms with Crippen molar-refractivity contribution < 1.29 is 9.53 Å². The average molecular weight is 343 g/mol. The molecular weight excluding hydrogens is 318 g/mol. The second-order valence-corrected chi connectivity index (χ2v) is 6.61. The molecule has 1 N–H and O–H groups in total. The highest BCUT2D eigenvalue weighted by molar-refractivity contribution is 5.90. The van der Waals surface area contributed by atoms with Gasteiger partial charge in [0.25, 0.3) is 5.95 Å². The number of amides is 1. The number of carbonyl (C=O) groups excluding carboxylic acids is 1. The lowest BCUT2D eigenvalue weighted by atomic mass is 10.0. The molecule has 1 amide bonds. The summed E-state index contributed by atoms with van der Waals surface area (Å²) in [5, 5.41) is 7.35. The van der Waals surface area contributed by atoms with E-state index >= 15 is 0 Å². The number of nitrogens with zero attached hydrogens (tertiary/aromatic N) is 4. The first-order valence-corrected chi connectivity index (χ1v) is 8.82. The summed E-state index contributed by atoms with van der Waals surface area (Å²) < 4.78 is 7.27. The normalized spacial score (nSPS) is 17.5. The van der Waals surface area contributed by atoms with Crippen molar-refractivity contribution in [1.29, 1.82) is 0 Å². The molecule has 1 aliphatic rings. The van der Waals surface area contributed by atoms with Gasteiger partial charge < -0.3 is 10.1 Å². The van der Waals surface area contributed by atoms with Gasteiger partial charge >= 0.3 is 0 Å². The second-order valence-electron chi connectivity index (χ2n) is 6.61. The van der Waals surface area contributed by atoms with Crippen molar-refractivity contribution in [3.05, 3.63) is 29.2 Å². The molecule has 1 fully saturated rings. The molecule has 0 bridgehead atoms. The van der Waals surface area contributed by atoms with Crippen LogP contribution in [0.3, 0.4) is 0 Å². The number of nitrogens with one attached hydrogen (secondary N) is 1. The van der Waals surface area contributed by atoms with Crippen LogP contribution in [0.1, 0.15) is 49.2 Å². The highest BCUT2D eigenvalue weighted by atomic mass is 16.5. The molecule has 7 heteroatoms. The van der Waals surface area contributed by atoms with Crippen LogP contribution >= 0.6 is 0 Å². The number of aromatic nitrogens is 4. The predicted molar refractivity (Wildman–Crippen MR) is 94.8 cm³/mol. The highest BCUT2D eigenvalue weighted by Crippen LogP contribution is 2.19. The molecule has 1 aliphatic heterocycles. The van der Waals surface area contributed by atoms with Crippen LogP contribution in [0, 0.1) is 20.8 Å². The third kappa shape index (κ3) is 4.63. The Kier molecular flexibility index (Phi) is 5.43. The van der Waals surface area contributed by atoms with Gasteiger partial charge in [-0.1, -0.05) is 0 Å². The summed E-state index contributed by atoms with van der Waals surface area (Å²) in [5.74, 6) is 1.02. The van der Waals surface area contributed by atoms with E-state index in [4.69, 9.17) is 4.74 Å². The Morgan fingerprint density at radius 2 is 1.96 bits per heavy atom. The molecule has 0 radical (unpaired) electrons. The van der Waals surface area contributed by atoms with Crippen LogP contribution in [0.4, 0.5) is 5.82 Å². The van der Waals surface area contributed by atoms with Gasteiger partial charge in [-0.15, -0.1) is 0 Å². The maximum absolute atomic E-state index is 12.3.